The quantitative estimate of drug-likeness (QED) is 0.434. The number of benzene rings is 3. The molecular weight excluding hydrogens is 424 g/mol. The van der Waals surface area contributed by atoms with Gasteiger partial charge >= 0.3 is 0 Å². The van der Waals surface area contributed by atoms with Crippen LogP contribution in [0.3, 0.4) is 0 Å². The van der Waals surface area contributed by atoms with Crippen molar-refractivity contribution in [3.63, 3.8) is 0 Å². The first-order valence-corrected chi connectivity index (χ1v) is 11.0. The van der Waals surface area contributed by atoms with Crippen molar-refractivity contribution in [1.82, 2.24) is 0 Å². The minimum atomic E-state index is -0.701. The van der Waals surface area contributed by atoms with Gasteiger partial charge in [0.2, 0.25) is 0 Å². The SMILES string of the molecule is CCc1cccc(CC)c1NC(=O)C(C)Oc1ccc(C(=O)Nc2ccccc2Cl)cc1. The van der Waals surface area contributed by atoms with E-state index in [9.17, 15) is 9.59 Å². The minimum absolute atomic E-state index is 0.221. The van der Waals surface area contributed by atoms with Crippen molar-refractivity contribution in [1.29, 1.82) is 0 Å². The molecule has 0 fully saturated rings. The number of rotatable bonds is 8. The summed E-state index contributed by atoms with van der Waals surface area (Å²) in [6.45, 7) is 5.83. The normalized spacial score (nSPS) is 11.5. The third-order valence-corrected chi connectivity index (χ3v) is 5.50. The average molecular weight is 451 g/mol. The van der Waals surface area contributed by atoms with Gasteiger partial charge in [0.25, 0.3) is 11.8 Å². The molecule has 6 heteroatoms. The average Bonchev–Trinajstić information content (AvgIpc) is 2.81. The predicted molar refractivity (Wildman–Crippen MR) is 130 cm³/mol. The first-order chi connectivity index (χ1) is 15.4. The first-order valence-electron chi connectivity index (χ1n) is 10.7. The van der Waals surface area contributed by atoms with E-state index in [1.165, 1.54) is 0 Å². The summed E-state index contributed by atoms with van der Waals surface area (Å²) in [5, 5.41) is 6.27. The maximum absolute atomic E-state index is 12.8. The molecule has 0 saturated carbocycles. The summed E-state index contributed by atoms with van der Waals surface area (Å²) in [6.07, 6.45) is 0.958. The van der Waals surface area contributed by atoms with Crippen molar-refractivity contribution in [3.05, 3.63) is 88.4 Å². The van der Waals surface area contributed by atoms with Gasteiger partial charge in [-0.2, -0.15) is 0 Å². The lowest BCUT2D eigenvalue weighted by molar-refractivity contribution is -0.122. The Labute approximate surface area is 193 Å². The number of ether oxygens (including phenoxy) is 1. The fourth-order valence-electron chi connectivity index (χ4n) is 3.33. The monoisotopic (exact) mass is 450 g/mol. The van der Waals surface area contributed by atoms with Crippen LogP contribution in [-0.2, 0) is 17.6 Å². The van der Waals surface area contributed by atoms with Crippen molar-refractivity contribution in [2.75, 3.05) is 10.6 Å². The molecule has 0 aliphatic heterocycles. The molecule has 166 valence electrons. The van der Waals surface area contributed by atoms with Gasteiger partial charge in [-0.05, 0) is 67.3 Å². The molecule has 0 bridgehead atoms. The fourth-order valence-corrected chi connectivity index (χ4v) is 3.51. The number of hydrogen-bond acceptors (Lipinski definition) is 3. The van der Waals surface area contributed by atoms with E-state index in [0.717, 1.165) is 29.7 Å². The molecule has 2 N–H and O–H groups in total. The Balaban J connectivity index is 1.63. The molecule has 2 amide bonds. The van der Waals surface area contributed by atoms with Crippen molar-refractivity contribution in [2.45, 2.75) is 39.7 Å². The molecule has 3 aromatic rings. The molecule has 0 aliphatic rings. The summed E-state index contributed by atoms with van der Waals surface area (Å²) >= 11 is 6.09. The van der Waals surface area contributed by atoms with Crippen LogP contribution in [0.4, 0.5) is 11.4 Å². The summed E-state index contributed by atoms with van der Waals surface area (Å²) in [6, 6.07) is 19.7. The van der Waals surface area contributed by atoms with E-state index < -0.39 is 6.10 Å². The van der Waals surface area contributed by atoms with E-state index in [1.54, 1.807) is 55.5 Å². The topological polar surface area (TPSA) is 67.4 Å². The van der Waals surface area contributed by atoms with Crippen LogP contribution in [0.2, 0.25) is 5.02 Å². The highest BCUT2D eigenvalue weighted by atomic mass is 35.5. The number of carbonyl (C=O) groups excluding carboxylic acids is 2. The van der Waals surface area contributed by atoms with Crippen LogP contribution in [0.1, 0.15) is 42.3 Å². The van der Waals surface area contributed by atoms with Crippen molar-refractivity contribution < 1.29 is 14.3 Å². The Bertz CT molecular complexity index is 1070. The number of nitrogens with one attached hydrogen (secondary N) is 2. The molecule has 32 heavy (non-hydrogen) atoms. The van der Waals surface area contributed by atoms with Gasteiger partial charge in [0.05, 0.1) is 10.7 Å². The van der Waals surface area contributed by atoms with Gasteiger partial charge in [-0.1, -0.05) is 55.8 Å². The largest absolute Gasteiger partial charge is 0.481 e. The molecule has 0 aromatic heterocycles. The maximum Gasteiger partial charge on any atom is 0.265 e. The second-order valence-electron chi connectivity index (χ2n) is 7.37. The fraction of sp³-hybridized carbons (Fsp3) is 0.231. The van der Waals surface area contributed by atoms with Crippen LogP contribution in [0.15, 0.2) is 66.7 Å². The molecule has 0 heterocycles. The Morgan fingerprint density at radius 1 is 0.875 bits per heavy atom. The number of amides is 2. The zero-order valence-electron chi connectivity index (χ0n) is 18.4. The molecule has 1 atom stereocenters. The van der Waals surface area contributed by atoms with Crippen LogP contribution < -0.4 is 15.4 Å². The highest BCUT2D eigenvalue weighted by Crippen LogP contribution is 2.24. The molecule has 3 aromatic carbocycles. The van der Waals surface area contributed by atoms with Gasteiger partial charge in [-0.3, -0.25) is 9.59 Å². The van der Waals surface area contributed by atoms with Gasteiger partial charge in [0.1, 0.15) is 5.75 Å². The van der Waals surface area contributed by atoms with Crippen molar-refractivity contribution in [2.24, 2.45) is 0 Å². The third-order valence-electron chi connectivity index (χ3n) is 5.17. The van der Waals surface area contributed by atoms with E-state index in [2.05, 4.69) is 24.5 Å². The molecule has 5 nitrogen and oxygen atoms in total. The molecule has 0 radical (unpaired) electrons. The highest BCUT2D eigenvalue weighted by molar-refractivity contribution is 6.33. The Kier molecular flexibility index (Phi) is 7.90. The van der Waals surface area contributed by atoms with Gasteiger partial charge in [-0.15, -0.1) is 0 Å². The number of para-hydroxylation sites is 2. The predicted octanol–water partition coefficient (Wildman–Crippen LogP) is 6.12. The lowest BCUT2D eigenvalue weighted by Crippen LogP contribution is -2.31. The Morgan fingerprint density at radius 2 is 1.50 bits per heavy atom. The van der Waals surface area contributed by atoms with E-state index in [4.69, 9.17) is 16.3 Å². The zero-order chi connectivity index (χ0) is 23.1. The van der Waals surface area contributed by atoms with Crippen molar-refractivity contribution in [3.8, 4) is 5.75 Å². The maximum atomic E-state index is 12.8. The summed E-state index contributed by atoms with van der Waals surface area (Å²) in [4.78, 5) is 25.2. The van der Waals surface area contributed by atoms with Gasteiger partial charge in [-0.25, -0.2) is 0 Å². The lowest BCUT2D eigenvalue weighted by Gasteiger charge is -2.18. The molecule has 3 rings (SSSR count). The molecule has 0 aliphatic carbocycles. The number of anilines is 2. The van der Waals surface area contributed by atoms with Crippen molar-refractivity contribution >= 4 is 34.8 Å². The minimum Gasteiger partial charge on any atom is -0.481 e. The number of carbonyl (C=O) groups is 2. The second-order valence-corrected chi connectivity index (χ2v) is 7.77. The van der Waals surface area contributed by atoms with Crippen LogP contribution >= 0.6 is 11.6 Å². The third kappa shape index (κ3) is 5.68. The first kappa shape index (κ1) is 23.4. The van der Waals surface area contributed by atoms with Crippen LogP contribution in [-0.4, -0.2) is 17.9 Å². The number of hydrogen-bond donors (Lipinski definition) is 2. The highest BCUT2D eigenvalue weighted by Gasteiger charge is 2.18. The molecular formula is C26H27ClN2O3. The Hall–Kier alpha value is -3.31. The Morgan fingerprint density at radius 3 is 2.09 bits per heavy atom. The van der Waals surface area contributed by atoms with E-state index in [1.807, 2.05) is 18.2 Å². The smallest absolute Gasteiger partial charge is 0.265 e. The summed E-state index contributed by atoms with van der Waals surface area (Å²) in [5.41, 5.74) is 4.06. The zero-order valence-corrected chi connectivity index (χ0v) is 19.2. The van der Waals surface area contributed by atoms with E-state index in [0.29, 0.717) is 22.0 Å². The van der Waals surface area contributed by atoms with E-state index in [-0.39, 0.29) is 11.8 Å². The number of aryl methyl sites for hydroxylation is 2. The van der Waals surface area contributed by atoms with Crippen LogP contribution in [0, 0.1) is 0 Å². The second kappa shape index (κ2) is 10.8. The number of halogens is 1. The van der Waals surface area contributed by atoms with Gasteiger partial charge < -0.3 is 15.4 Å². The van der Waals surface area contributed by atoms with Crippen LogP contribution in [0.25, 0.3) is 0 Å². The molecule has 1 unspecified atom stereocenters. The summed E-state index contributed by atoms with van der Waals surface area (Å²) in [7, 11) is 0. The molecule has 0 saturated heterocycles. The summed E-state index contributed by atoms with van der Waals surface area (Å²) < 4.78 is 5.80. The summed E-state index contributed by atoms with van der Waals surface area (Å²) in [5.74, 6) is 0.00119. The van der Waals surface area contributed by atoms with E-state index >= 15 is 0 Å². The van der Waals surface area contributed by atoms with Crippen LogP contribution in [0.5, 0.6) is 5.75 Å². The lowest BCUT2D eigenvalue weighted by atomic mass is 10.0. The molecule has 0 spiro atoms. The standard InChI is InChI=1S/C26H27ClN2O3/c1-4-18-9-8-10-19(5-2)24(18)29-25(30)17(3)32-21-15-13-20(14-16-21)26(31)28-23-12-7-6-11-22(23)27/h6-17H,4-5H2,1-3H3,(H,28,31)(H,29,30). The van der Waals surface area contributed by atoms with Gasteiger partial charge in [0, 0.05) is 11.3 Å². The van der Waals surface area contributed by atoms with Gasteiger partial charge in [0.15, 0.2) is 6.10 Å².